The Morgan fingerprint density at radius 3 is 2.16 bits per heavy atom. The predicted octanol–water partition coefficient (Wildman–Crippen LogP) is 3.62. The summed E-state index contributed by atoms with van der Waals surface area (Å²) in [5, 5.41) is 3.37. The van der Waals surface area contributed by atoms with Crippen LogP contribution in [0.1, 0.15) is 15.9 Å². The third-order valence-electron chi connectivity index (χ3n) is 3.89. The maximum absolute atomic E-state index is 12.3. The first kappa shape index (κ1) is 18.7. The van der Waals surface area contributed by atoms with Crippen molar-refractivity contribution < 1.29 is 4.79 Å². The van der Waals surface area contributed by atoms with Crippen molar-refractivity contribution in [1.82, 2.24) is 4.90 Å². The molecule has 4 heteroatoms. The number of anilines is 2. The molecule has 0 saturated carbocycles. The summed E-state index contributed by atoms with van der Waals surface area (Å²) < 4.78 is 0. The summed E-state index contributed by atoms with van der Waals surface area (Å²) in [6.45, 7) is 1.90. The second-order valence-corrected chi connectivity index (χ2v) is 6.49. The maximum Gasteiger partial charge on any atom is 0.185 e. The lowest BCUT2D eigenvalue weighted by atomic mass is 10.1. The molecule has 25 heavy (non-hydrogen) atoms. The molecule has 0 aliphatic rings. The van der Waals surface area contributed by atoms with E-state index in [0.717, 1.165) is 30.0 Å². The van der Waals surface area contributed by atoms with Gasteiger partial charge in [-0.3, -0.25) is 4.79 Å². The molecule has 0 aromatic heterocycles. The number of carbonyl (C=O) groups is 1. The average molecular weight is 337 g/mol. The van der Waals surface area contributed by atoms with Gasteiger partial charge in [0, 0.05) is 44.1 Å². The Hall–Kier alpha value is -2.59. The summed E-state index contributed by atoms with van der Waals surface area (Å²) >= 11 is 0. The summed E-state index contributed by atoms with van der Waals surface area (Å²) in [4.78, 5) is 16.4. The summed E-state index contributed by atoms with van der Waals surface area (Å²) in [5.74, 6) is 0.0125. The topological polar surface area (TPSA) is 35.6 Å². The fourth-order valence-corrected chi connectivity index (χ4v) is 2.33. The van der Waals surface area contributed by atoms with Crippen LogP contribution in [0.4, 0.5) is 11.4 Å². The van der Waals surface area contributed by atoms with Gasteiger partial charge in [-0.1, -0.05) is 18.2 Å². The van der Waals surface area contributed by atoms with Gasteiger partial charge in [-0.05, 0) is 62.1 Å². The summed E-state index contributed by atoms with van der Waals surface area (Å²) in [5.41, 5.74) is 3.88. The summed E-state index contributed by atoms with van der Waals surface area (Å²) in [6.07, 6.45) is 3.48. The van der Waals surface area contributed by atoms with E-state index in [9.17, 15) is 4.79 Å². The van der Waals surface area contributed by atoms with Gasteiger partial charge in [-0.2, -0.15) is 0 Å². The van der Waals surface area contributed by atoms with E-state index in [1.54, 1.807) is 6.08 Å². The molecule has 2 aromatic carbocycles. The molecule has 2 rings (SSSR count). The predicted molar refractivity (Wildman–Crippen MR) is 108 cm³/mol. The highest BCUT2D eigenvalue weighted by molar-refractivity contribution is 6.07. The second kappa shape index (κ2) is 9.04. The van der Waals surface area contributed by atoms with Gasteiger partial charge in [-0.25, -0.2) is 0 Å². The zero-order valence-electron chi connectivity index (χ0n) is 15.5. The van der Waals surface area contributed by atoms with E-state index in [2.05, 4.69) is 24.3 Å². The van der Waals surface area contributed by atoms with Gasteiger partial charge >= 0.3 is 0 Å². The van der Waals surface area contributed by atoms with E-state index >= 15 is 0 Å². The van der Waals surface area contributed by atoms with E-state index in [-0.39, 0.29) is 5.78 Å². The fourth-order valence-electron chi connectivity index (χ4n) is 2.33. The number of nitrogens with one attached hydrogen (secondary N) is 1. The molecule has 4 nitrogen and oxygen atoms in total. The number of benzene rings is 2. The second-order valence-electron chi connectivity index (χ2n) is 6.49. The minimum atomic E-state index is 0.0125. The number of allylic oxidation sites excluding steroid dienone is 1. The SMILES string of the molecule is CN(C)CCNc1ccc(/C=C/C(=O)c2ccc(N(C)C)cc2)cc1. The van der Waals surface area contributed by atoms with Crippen LogP contribution in [0.3, 0.4) is 0 Å². The highest BCUT2D eigenvalue weighted by atomic mass is 16.1. The van der Waals surface area contributed by atoms with Crippen LogP contribution in [0, 0.1) is 0 Å². The number of likely N-dealkylation sites (N-methyl/N-ethyl adjacent to an activating group) is 1. The Kier molecular flexibility index (Phi) is 6.78. The Labute approximate surface area is 150 Å². The van der Waals surface area contributed by atoms with Crippen molar-refractivity contribution in [1.29, 1.82) is 0 Å². The smallest absolute Gasteiger partial charge is 0.185 e. The summed E-state index contributed by atoms with van der Waals surface area (Å²) in [7, 11) is 8.08. The lowest BCUT2D eigenvalue weighted by Gasteiger charge is -2.12. The minimum Gasteiger partial charge on any atom is -0.384 e. The lowest BCUT2D eigenvalue weighted by molar-refractivity contribution is 0.104. The van der Waals surface area contributed by atoms with Crippen molar-refractivity contribution in [2.45, 2.75) is 0 Å². The quantitative estimate of drug-likeness (QED) is 0.589. The first-order valence-electron chi connectivity index (χ1n) is 8.44. The molecule has 1 N–H and O–H groups in total. The number of rotatable bonds is 8. The molecule has 0 amide bonds. The number of hydrogen-bond acceptors (Lipinski definition) is 4. The number of carbonyl (C=O) groups excluding carboxylic acids is 1. The van der Waals surface area contributed by atoms with Crippen molar-refractivity contribution in [2.24, 2.45) is 0 Å². The first-order valence-corrected chi connectivity index (χ1v) is 8.44. The Bertz CT molecular complexity index is 701. The van der Waals surface area contributed by atoms with Crippen LogP contribution < -0.4 is 10.2 Å². The molecular weight excluding hydrogens is 310 g/mol. The molecule has 0 atom stereocenters. The van der Waals surface area contributed by atoms with E-state index in [4.69, 9.17) is 0 Å². The molecule has 0 heterocycles. The van der Waals surface area contributed by atoms with Crippen LogP contribution in [0.15, 0.2) is 54.6 Å². The Morgan fingerprint density at radius 2 is 1.60 bits per heavy atom. The highest BCUT2D eigenvalue weighted by Crippen LogP contribution is 2.14. The van der Waals surface area contributed by atoms with Gasteiger partial charge in [0.2, 0.25) is 0 Å². The third-order valence-corrected chi connectivity index (χ3v) is 3.89. The lowest BCUT2D eigenvalue weighted by Crippen LogP contribution is -2.20. The van der Waals surface area contributed by atoms with Gasteiger partial charge in [0.05, 0.1) is 0 Å². The minimum absolute atomic E-state index is 0.0125. The molecule has 0 saturated heterocycles. The number of ketones is 1. The Morgan fingerprint density at radius 1 is 0.960 bits per heavy atom. The van der Waals surface area contributed by atoms with E-state index in [1.165, 1.54) is 0 Å². The molecule has 0 bridgehead atoms. The monoisotopic (exact) mass is 337 g/mol. The van der Waals surface area contributed by atoms with E-state index in [1.807, 2.05) is 73.6 Å². The fraction of sp³-hybridized carbons (Fsp3) is 0.286. The van der Waals surface area contributed by atoms with Crippen LogP contribution in [0.25, 0.3) is 6.08 Å². The maximum atomic E-state index is 12.3. The molecule has 132 valence electrons. The van der Waals surface area contributed by atoms with Gasteiger partial charge in [-0.15, -0.1) is 0 Å². The molecule has 0 aliphatic carbocycles. The third kappa shape index (κ3) is 6.08. The number of hydrogen-bond donors (Lipinski definition) is 1. The van der Waals surface area contributed by atoms with Crippen molar-refractivity contribution in [3.63, 3.8) is 0 Å². The van der Waals surface area contributed by atoms with Crippen molar-refractivity contribution in [2.75, 3.05) is 51.5 Å². The van der Waals surface area contributed by atoms with Gasteiger partial charge in [0.25, 0.3) is 0 Å². The highest BCUT2D eigenvalue weighted by Gasteiger charge is 2.02. The number of nitrogens with zero attached hydrogens (tertiary/aromatic N) is 2. The molecule has 0 radical (unpaired) electrons. The van der Waals surface area contributed by atoms with Crippen LogP contribution >= 0.6 is 0 Å². The Balaban J connectivity index is 1.93. The zero-order valence-corrected chi connectivity index (χ0v) is 15.5. The molecule has 2 aromatic rings. The molecule has 0 aliphatic heterocycles. The van der Waals surface area contributed by atoms with Gasteiger partial charge in [0.1, 0.15) is 0 Å². The van der Waals surface area contributed by atoms with Crippen LogP contribution in [-0.2, 0) is 0 Å². The van der Waals surface area contributed by atoms with Gasteiger partial charge in [0.15, 0.2) is 5.78 Å². The first-order chi connectivity index (χ1) is 12.0. The standard InChI is InChI=1S/C21H27N3O/c1-23(2)16-15-22-19-10-5-17(6-11-19)7-14-21(25)18-8-12-20(13-9-18)24(3)4/h5-14,22H,15-16H2,1-4H3/b14-7+. The van der Waals surface area contributed by atoms with Crippen LogP contribution in [0.5, 0.6) is 0 Å². The average Bonchev–Trinajstić information content (AvgIpc) is 2.60. The van der Waals surface area contributed by atoms with Crippen molar-refractivity contribution in [3.05, 3.63) is 65.7 Å². The zero-order chi connectivity index (χ0) is 18.2. The van der Waals surface area contributed by atoms with E-state index in [0.29, 0.717) is 5.56 Å². The van der Waals surface area contributed by atoms with Crippen molar-refractivity contribution >= 4 is 23.2 Å². The largest absolute Gasteiger partial charge is 0.384 e. The van der Waals surface area contributed by atoms with Crippen molar-refractivity contribution in [3.8, 4) is 0 Å². The molecule has 0 spiro atoms. The molecular formula is C21H27N3O. The molecule has 0 unspecified atom stereocenters. The van der Waals surface area contributed by atoms with Crippen LogP contribution in [-0.4, -0.2) is 52.0 Å². The van der Waals surface area contributed by atoms with Crippen LogP contribution in [0.2, 0.25) is 0 Å². The van der Waals surface area contributed by atoms with E-state index < -0.39 is 0 Å². The van der Waals surface area contributed by atoms with Gasteiger partial charge < -0.3 is 15.1 Å². The summed E-state index contributed by atoms with van der Waals surface area (Å²) in [6, 6.07) is 15.7. The normalized spacial score (nSPS) is 11.1. The molecule has 0 fully saturated rings.